The maximum atomic E-state index is 11.0. The van der Waals surface area contributed by atoms with Crippen LogP contribution in [0.3, 0.4) is 0 Å². The van der Waals surface area contributed by atoms with E-state index >= 15 is 0 Å². The Balaban J connectivity index is 4.19. The Morgan fingerprint density at radius 1 is 0.468 bits per heavy atom. The van der Waals surface area contributed by atoms with Crippen LogP contribution in [0.15, 0.2) is 48.6 Å². The highest BCUT2D eigenvalue weighted by atomic mass is 31.2. The first kappa shape index (κ1) is 46.3. The predicted molar refractivity (Wildman–Crippen MR) is 214 cm³/mol. The van der Waals surface area contributed by atoms with E-state index in [4.69, 9.17) is 4.52 Å². The minimum atomic E-state index is -1.54. The summed E-state index contributed by atoms with van der Waals surface area (Å²) in [7, 11) is -1.54. The van der Waals surface area contributed by atoms with Gasteiger partial charge in [-0.05, 0) is 105 Å². The largest absolute Gasteiger partial charge is 0.338 e. The fourth-order valence-electron chi connectivity index (χ4n) is 6.15. The second-order valence-electron chi connectivity index (χ2n) is 14.3. The topological polar surface area (TPSA) is 32.7 Å². The van der Waals surface area contributed by atoms with Crippen molar-refractivity contribution in [3.63, 3.8) is 0 Å². The summed E-state index contributed by atoms with van der Waals surface area (Å²) in [6.07, 6.45) is 51.8. The van der Waals surface area contributed by atoms with Gasteiger partial charge in [-0.15, -0.1) is 0 Å². The Hall–Kier alpha value is -0.730. The van der Waals surface area contributed by atoms with E-state index < -0.39 is 8.53 Å². The van der Waals surface area contributed by atoms with Gasteiger partial charge in [0.25, 0.3) is 8.53 Å². The summed E-state index contributed by atoms with van der Waals surface area (Å²) in [5, 5.41) is 0. The zero-order chi connectivity index (χ0) is 34.6. The highest BCUT2D eigenvalue weighted by Crippen LogP contribution is 2.43. The Morgan fingerprint density at radius 3 is 1.13 bits per heavy atom. The Morgan fingerprint density at radius 2 is 0.787 bits per heavy atom. The van der Waals surface area contributed by atoms with Crippen LogP contribution in [-0.4, -0.2) is 27.8 Å². The van der Waals surface area contributed by atoms with Crippen molar-refractivity contribution in [1.29, 1.82) is 0 Å². The summed E-state index contributed by atoms with van der Waals surface area (Å²) in [5.74, 6) is 0. The lowest BCUT2D eigenvalue weighted by Crippen LogP contribution is -2.33. The first-order chi connectivity index (χ1) is 22.9. The molecule has 0 heterocycles. The predicted octanol–water partition coefficient (Wildman–Crippen LogP) is 15.1. The van der Waals surface area contributed by atoms with Gasteiger partial charge in [-0.3, -0.25) is 0 Å². The summed E-state index contributed by atoms with van der Waals surface area (Å²) < 4.78 is 8.56. The summed E-state index contributed by atoms with van der Waals surface area (Å²) in [6.45, 7) is 13.2. The molecule has 0 aliphatic carbocycles. The average Bonchev–Trinajstić information content (AvgIpc) is 3.03. The van der Waals surface area contributed by atoms with Gasteiger partial charge in [-0.25, -0.2) is 4.67 Å². The molecule has 0 aliphatic heterocycles. The number of rotatable bonds is 35. The van der Waals surface area contributed by atoms with Gasteiger partial charge < -0.3 is 9.42 Å². The minimum Gasteiger partial charge on any atom is -0.338 e. The minimum absolute atomic E-state index is 0.183. The molecule has 276 valence electrons. The van der Waals surface area contributed by atoms with Crippen molar-refractivity contribution in [1.82, 2.24) is 4.67 Å². The number of nitrogens with zero attached hydrogens (tertiary/aromatic N) is 1. The monoisotopic (exact) mass is 676 g/mol. The molecule has 0 spiro atoms. The SMILES string of the molecule is CCCCC/C=C\C/C=C\CCCCCCCCC(CCCCCCCC/C=C\C/C=C\CCCCC)OP(O)N(C(C)C)C(C)C. The smallest absolute Gasteiger partial charge is 0.256 e. The van der Waals surface area contributed by atoms with Gasteiger partial charge in [0.2, 0.25) is 0 Å². The molecule has 47 heavy (non-hydrogen) atoms. The Kier molecular flexibility index (Phi) is 36.0. The third kappa shape index (κ3) is 32.2. The zero-order valence-electron chi connectivity index (χ0n) is 32.5. The van der Waals surface area contributed by atoms with E-state index in [0.29, 0.717) is 0 Å². The first-order valence-corrected chi connectivity index (χ1v) is 21.6. The molecule has 1 atom stereocenters. The lowest BCUT2D eigenvalue weighted by molar-refractivity contribution is 0.137. The lowest BCUT2D eigenvalue weighted by Gasteiger charge is -2.35. The number of hydrogen-bond donors (Lipinski definition) is 1. The van der Waals surface area contributed by atoms with Crippen LogP contribution >= 0.6 is 8.53 Å². The molecule has 0 aromatic rings. The van der Waals surface area contributed by atoms with E-state index in [9.17, 15) is 4.89 Å². The molecule has 4 heteroatoms. The van der Waals surface area contributed by atoms with Crippen LogP contribution in [-0.2, 0) is 4.52 Å². The van der Waals surface area contributed by atoms with Crippen molar-refractivity contribution in [3.8, 4) is 0 Å². The molecule has 0 aliphatic rings. The molecule has 0 rings (SSSR count). The molecule has 0 amide bonds. The highest BCUT2D eigenvalue weighted by molar-refractivity contribution is 7.43. The van der Waals surface area contributed by atoms with Gasteiger partial charge in [0, 0.05) is 12.1 Å². The van der Waals surface area contributed by atoms with Crippen LogP contribution in [0, 0.1) is 0 Å². The molecule has 0 saturated heterocycles. The van der Waals surface area contributed by atoms with Gasteiger partial charge in [0.1, 0.15) is 0 Å². The van der Waals surface area contributed by atoms with Gasteiger partial charge in [0.05, 0.1) is 6.10 Å². The van der Waals surface area contributed by atoms with Gasteiger partial charge in [-0.1, -0.05) is 152 Å². The van der Waals surface area contributed by atoms with Crippen molar-refractivity contribution < 1.29 is 9.42 Å². The first-order valence-electron chi connectivity index (χ1n) is 20.5. The van der Waals surface area contributed by atoms with E-state index in [2.05, 4.69) is 94.8 Å². The average molecular weight is 676 g/mol. The quantitative estimate of drug-likeness (QED) is 0.0412. The number of hydrogen-bond acceptors (Lipinski definition) is 3. The molecule has 0 aromatic carbocycles. The molecule has 0 aromatic heterocycles. The molecule has 1 unspecified atom stereocenters. The summed E-state index contributed by atoms with van der Waals surface area (Å²) in [4.78, 5) is 11.0. The van der Waals surface area contributed by atoms with Crippen LogP contribution in [0.4, 0.5) is 0 Å². The fourth-order valence-corrected chi connectivity index (χ4v) is 7.53. The van der Waals surface area contributed by atoms with Crippen molar-refractivity contribution in [3.05, 3.63) is 48.6 Å². The van der Waals surface area contributed by atoms with E-state index in [1.165, 1.54) is 141 Å². The van der Waals surface area contributed by atoms with Crippen molar-refractivity contribution >= 4 is 8.53 Å². The van der Waals surface area contributed by atoms with Crippen LogP contribution < -0.4 is 0 Å². The van der Waals surface area contributed by atoms with Crippen molar-refractivity contribution in [2.24, 2.45) is 0 Å². The van der Waals surface area contributed by atoms with Crippen LogP contribution in [0.2, 0.25) is 0 Å². The summed E-state index contributed by atoms with van der Waals surface area (Å²) >= 11 is 0. The molecular formula is C43H82NO2P. The third-order valence-corrected chi connectivity index (χ3v) is 10.8. The van der Waals surface area contributed by atoms with E-state index in [-0.39, 0.29) is 18.2 Å². The van der Waals surface area contributed by atoms with Crippen molar-refractivity contribution in [2.45, 2.75) is 227 Å². The van der Waals surface area contributed by atoms with Crippen molar-refractivity contribution in [2.75, 3.05) is 0 Å². The van der Waals surface area contributed by atoms with E-state index in [1.54, 1.807) is 0 Å². The maximum Gasteiger partial charge on any atom is 0.256 e. The van der Waals surface area contributed by atoms with Gasteiger partial charge in [-0.2, -0.15) is 0 Å². The standard InChI is InChI=1S/C43H82NO2P/c1-7-9-11-13-15-17-19-21-23-25-27-29-31-33-35-37-39-43(46-47(45)44(41(3)4)42(5)6)40-38-36-34-32-30-28-26-24-22-20-18-16-14-12-10-8-2/h15-18,21-24,41-43,45H,7-14,19-20,25-40H2,1-6H3/b17-15-,18-16-,23-21-,24-22-. The van der Waals surface area contributed by atoms with Gasteiger partial charge >= 0.3 is 0 Å². The Labute approximate surface area is 297 Å². The van der Waals surface area contributed by atoms with E-state index in [1.807, 2.05) is 0 Å². The second-order valence-corrected chi connectivity index (χ2v) is 15.5. The summed E-state index contributed by atoms with van der Waals surface area (Å²) in [6, 6.07) is 0.575. The second kappa shape index (κ2) is 36.5. The molecule has 0 bridgehead atoms. The molecule has 0 saturated carbocycles. The zero-order valence-corrected chi connectivity index (χ0v) is 33.4. The molecule has 3 nitrogen and oxygen atoms in total. The Bertz CT molecular complexity index is 688. The maximum absolute atomic E-state index is 11.0. The summed E-state index contributed by atoms with van der Waals surface area (Å²) in [5.41, 5.74) is 0. The van der Waals surface area contributed by atoms with E-state index in [0.717, 1.165) is 25.7 Å². The molecule has 1 N–H and O–H groups in total. The molecular weight excluding hydrogens is 593 g/mol. The fraction of sp³-hybridized carbons (Fsp3) is 0.814. The van der Waals surface area contributed by atoms with Crippen LogP contribution in [0.1, 0.15) is 208 Å². The molecule has 0 radical (unpaired) electrons. The number of unbranched alkanes of at least 4 members (excludes halogenated alkanes) is 18. The highest BCUT2D eigenvalue weighted by Gasteiger charge is 2.26. The number of allylic oxidation sites excluding steroid dienone is 8. The lowest BCUT2D eigenvalue weighted by atomic mass is 10.0. The normalized spacial score (nSPS) is 13.5. The molecule has 0 fully saturated rings. The van der Waals surface area contributed by atoms with Crippen LogP contribution in [0.25, 0.3) is 0 Å². The third-order valence-electron chi connectivity index (χ3n) is 8.95. The van der Waals surface area contributed by atoms with Gasteiger partial charge in [0.15, 0.2) is 0 Å². The van der Waals surface area contributed by atoms with Crippen LogP contribution in [0.5, 0.6) is 0 Å².